The highest BCUT2D eigenvalue weighted by atomic mass is 35.5. The van der Waals surface area contributed by atoms with Gasteiger partial charge in [0.15, 0.2) is 0 Å². The SMILES string of the molecule is CC(=O)N1CCCC(c2nc(-c3ccc(CN)cc3)no2)C1.Cl. The van der Waals surface area contributed by atoms with E-state index in [1.54, 1.807) is 6.92 Å². The van der Waals surface area contributed by atoms with Gasteiger partial charge in [-0.25, -0.2) is 0 Å². The topological polar surface area (TPSA) is 85.2 Å². The number of halogens is 1. The average Bonchev–Trinajstić information content (AvgIpc) is 3.05. The molecule has 0 radical (unpaired) electrons. The van der Waals surface area contributed by atoms with Gasteiger partial charge in [-0.2, -0.15) is 4.98 Å². The van der Waals surface area contributed by atoms with E-state index in [1.807, 2.05) is 29.2 Å². The van der Waals surface area contributed by atoms with Crippen molar-refractivity contribution >= 4 is 18.3 Å². The molecule has 1 aromatic heterocycles. The van der Waals surface area contributed by atoms with Crippen molar-refractivity contribution < 1.29 is 9.32 Å². The highest BCUT2D eigenvalue weighted by Gasteiger charge is 2.27. The summed E-state index contributed by atoms with van der Waals surface area (Å²) in [5.41, 5.74) is 7.57. The summed E-state index contributed by atoms with van der Waals surface area (Å²) in [6, 6.07) is 7.81. The normalized spacial score (nSPS) is 17.7. The van der Waals surface area contributed by atoms with Crippen molar-refractivity contribution in [2.75, 3.05) is 13.1 Å². The molecule has 0 bridgehead atoms. The molecule has 2 aromatic rings. The molecular formula is C16H21ClN4O2. The molecule has 0 aliphatic carbocycles. The predicted octanol–water partition coefficient (Wildman–Crippen LogP) is 2.34. The van der Waals surface area contributed by atoms with Crippen molar-refractivity contribution in [3.8, 4) is 11.4 Å². The fourth-order valence-corrected chi connectivity index (χ4v) is 2.77. The summed E-state index contributed by atoms with van der Waals surface area (Å²) in [4.78, 5) is 17.9. The van der Waals surface area contributed by atoms with Crippen LogP contribution in [0.1, 0.15) is 37.1 Å². The molecular weight excluding hydrogens is 316 g/mol. The van der Waals surface area contributed by atoms with Crippen LogP contribution < -0.4 is 5.73 Å². The number of aromatic nitrogens is 2. The molecule has 7 heteroatoms. The van der Waals surface area contributed by atoms with Crippen molar-refractivity contribution in [2.24, 2.45) is 5.73 Å². The lowest BCUT2D eigenvalue weighted by molar-refractivity contribution is -0.130. The van der Waals surface area contributed by atoms with E-state index in [0.717, 1.165) is 30.5 Å². The predicted molar refractivity (Wildman–Crippen MR) is 89.1 cm³/mol. The van der Waals surface area contributed by atoms with Gasteiger partial charge in [0.1, 0.15) is 0 Å². The monoisotopic (exact) mass is 336 g/mol. The van der Waals surface area contributed by atoms with Crippen molar-refractivity contribution in [1.82, 2.24) is 15.0 Å². The van der Waals surface area contributed by atoms with Crippen molar-refractivity contribution in [3.63, 3.8) is 0 Å². The fourth-order valence-electron chi connectivity index (χ4n) is 2.77. The van der Waals surface area contributed by atoms with Crippen LogP contribution in [0.15, 0.2) is 28.8 Å². The molecule has 6 nitrogen and oxygen atoms in total. The lowest BCUT2D eigenvalue weighted by Crippen LogP contribution is -2.37. The minimum atomic E-state index is 0. The molecule has 0 saturated carbocycles. The summed E-state index contributed by atoms with van der Waals surface area (Å²) in [5, 5.41) is 4.07. The summed E-state index contributed by atoms with van der Waals surface area (Å²) in [7, 11) is 0. The Bertz CT molecular complexity index is 656. The van der Waals surface area contributed by atoms with Crippen LogP contribution in [0.25, 0.3) is 11.4 Å². The molecule has 2 N–H and O–H groups in total. The van der Waals surface area contributed by atoms with Crippen LogP contribution in [0.3, 0.4) is 0 Å². The number of hydrogen-bond acceptors (Lipinski definition) is 5. The molecule has 23 heavy (non-hydrogen) atoms. The second-order valence-corrected chi connectivity index (χ2v) is 5.66. The van der Waals surface area contributed by atoms with Crippen LogP contribution >= 0.6 is 12.4 Å². The zero-order valence-electron chi connectivity index (χ0n) is 13.1. The number of amides is 1. The van der Waals surface area contributed by atoms with Crippen LogP contribution in [0, 0.1) is 0 Å². The van der Waals surface area contributed by atoms with E-state index in [9.17, 15) is 4.79 Å². The zero-order chi connectivity index (χ0) is 15.5. The first-order chi connectivity index (χ1) is 10.7. The molecule has 1 fully saturated rings. The Labute approximate surface area is 141 Å². The van der Waals surface area contributed by atoms with Crippen LogP contribution in [0.5, 0.6) is 0 Å². The maximum absolute atomic E-state index is 11.5. The summed E-state index contributed by atoms with van der Waals surface area (Å²) < 4.78 is 5.42. The molecule has 0 spiro atoms. The average molecular weight is 337 g/mol. The van der Waals surface area contributed by atoms with Crippen molar-refractivity contribution in [3.05, 3.63) is 35.7 Å². The molecule has 1 aliphatic heterocycles. The highest BCUT2D eigenvalue weighted by Crippen LogP contribution is 2.27. The Balaban J connectivity index is 0.00000192. The number of carbonyl (C=O) groups excluding carboxylic acids is 1. The summed E-state index contributed by atoms with van der Waals surface area (Å²) in [5.74, 6) is 1.42. The molecule has 3 rings (SSSR count). The molecule has 1 amide bonds. The number of benzene rings is 1. The van der Waals surface area contributed by atoms with Crippen molar-refractivity contribution in [2.45, 2.75) is 32.2 Å². The Hall–Kier alpha value is -1.92. The number of piperidine rings is 1. The van der Waals surface area contributed by atoms with Gasteiger partial charge in [0.2, 0.25) is 17.6 Å². The van der Waals surface area contributed by atoms with Gasteiger partial charge in [-0.15, -0.1) is 12.4 Å². The first-order valence-corrected chi connectivity index (χ1v) is 7.56. The minimum absolute atomic E-state index is 0. The van der Waals surface area contributed by atoms with Gasteiger partial charge in [0, 0.05) is 32.1 Å². The summed E-state index contributed by atoms with van der Waals surface area (Å²) >= 11 is 0. The summed E-state index contributed by atoms with van der Waals surface area (Å²) in [6.07, 6.45) is 1.94. The maximum atomic E-state index is 11.5. The van der Waals surface area contributed by atoms with E-state index in [4.69, 9.17) is 10.3 Å². The number of likely N-dealkylation sites (tertiary alicyclic amines) is 1. The third kappa shape index (κ3) is 3.89. The second-order valence-electron chi connectivity index (χ2n) is 5.66. The van der Waals surface area contributed by atoms with E-state index in [-0.39, 0.29) is 24.2 Å². The molecule has 1 unspecified atom stereocenters. The van der Waals surface area contributed by atoms with Gasteiger partial charge in [-0.1, -0.05) is 29.4 Å². The van der Waals surface area contributed by atoms with Crippen LogP contribution in [-0.2, 0) is 11.3 Å². The number of nitrogens with zero attached hydrogens (tertiary/aromatic N) is 3. The lowest BCUT2D eigenvalue weighted by atomic mass is 9.98. The summed E-state index contributed by atoms with van der Waals surface area (Å²) in [6.45, 7) is 3.58. The largest absolute Gasteiger partial charge is 0.342 e. The zero-order valence-corrected chi connectivity index (χ0v) is 13.9. The number of rotatable bonds is 3. The number of carbonyl (C=O) groups is 1. The molecule has 1 aliphatic rings. The first kappa shape index (κ1) is 17.4. The van der Waals surface area contributed by atoms with Crippen molar-refractivity contribution in [1.29, 1.82) is 0 Å². The van der Waals surface area contributed by atoms with E-state index < -0.39 is 0 Å². The lowest BCUT2D eigenvalue weighted by Gasteiger charge is -2.29. The first-order valence-electron chi connectivity index (χ1n) is 7.56. The smallest absolute Gasteiger partial charge is 0.231 e. The molecule has 2 heterocycles. The third-order valence-corrected chi connectivity index (χ3v) is 4.11. The Morgan fingerprint density at radius 2 is 2.13 bits per heavy atom. The molecule has 1 saturated heterocycles. The molecule has 1 aromatic carbocycles. The Morgan fingerprint density at radius 3 is 2.78 bits per heavy atom. The minimum Gasteiger partial charge on any atom is -0.342 e. The second kappa shape index (κ2) is 7.57. The van der Waals surface area contributed by atoms with Crippen LogP contribution in [0.2, 0.25) is 0 Å². The number of hydrogen-bond donors (Lipinski definition) is 1. The Kier molecular flexibility index (Phi) is 5.74. The van der Waals surface area contributed by atoms with E-state index in [2.05, 4.69) is 10.1 Å². The standard InChI is InChI=1S/C16H20N4O2.ClH/c1-11(21)20-8-2-3-14(10-20)16-18-15(19-22-16)13-6-4-12(9-17)5-7-13;/h4-7,14H,2-3,8-10,17H2,1H3;1H. The van der Waals surface area contributed by atoms with E-state index in [1.165, 1.54) is 0 Å². The fraction of sp³-hybridized carbons (Fsp3) is 0.438. The maximum Gasteiger partial charge on any atom is 0.231 e. The van der Waals surface area contributed by atoms with Gasteiger partial charge in [0.25, 0.3) is 0 Å². The van der Waals surface area contributed by atoms with Gasteiger partial charge in [0.05, 0.1) is 5.92 Å². The Morgan fingerprint density at radius 1 is 1.39 bits per heavy atom. The van der Waals surface area contributed by atoms with E-state index in [0.29, 0.717) is 24.8 Å². The van der Waals surface area contributed by atoms with E-state index >= 15 is 0 Å². The quantitative estimate of drug-likeness (QED) is 0.929. The van der Waals surface area contributed by atoms with Crippen LogP contribution in [0.4, 0.5) is 0 Å². The third-order valence-electron chi connectivity index (χ3n) is 4.11. The highest BCUT2D eigenvalue weighted by molar-refractivity contribution is 5.85. The van der Waals surface area contributed by atoms with Gasteiger partial charge in [-0.3, -0.25) is 4.79 Å². The van der Waals surface area contributed by atoms with Gasteiger partial charge in [-0.05, 0) is 18.4 Å². The molecule has 1 atom stereocenters. The van der Waals surface area contributed by atoms with Gasteiger partial charge < -0.3 is 15.2 Å². The van der Waals surface area contributed by atoms with Gasteiger partial charge >= 0.3 is 0 Å². The molecule has 124 valence electrons. The number of nitrogens with two attached hydrogens (primary N) is 1. The van der Waals surface area contributed by atoms with Crippen LogP contribution in [-0.4, -0.2) is 34.0 Å².